The molecule has 4 rings (SSSR count). The summed E-state index contributed by atoms with van der Waals surface area (Å²) in [5.74, 6) is 0.864. The molecule has 2 aromatic carbocycles. The first-order valence-corrected chi connectivity index (χ1v) is 10.8. The Labute approximate surface area is 183 Å². The fourth-order valence-electron chi connectivity index (χ4n) is 4.08. The molecule has 1 aliphatic heterocycles. The van der Waals surface area contributed by atoms with Gasteiger partial charge < -0.3 is 15.5 Å². The molecular formula is C24H30N6O. The van der Waals surface area contributed by atoms with Gasteiger partial charge in [-0.15, -0.1) is 10.2 Å². The number of amides is 1. The van der Waals surface area contributed by atoms with Crippen LogP contribution >= 0.6 is 0 Å². The van der Waals surface area contributed by atoms with Gasteiger partial charge in [0.15, 0.2) is 0 Å². The zero-order valence-electron chi connectivity index (χ0n) is 18.5. The lowest BCUT2D eigenvalue weighted by Crippen LogP contribution is -2.44. The number of anilines is 2. The Kier molecular flexibility index (Phi) is 6.04. The second-order valence-corrected chi connectivity index (χ2v) is 8.43. The van der Waals surface area contributed by atoms with Gasteiger partial charge in [0.05, 0.1) is 5.69 Å². The van der Waals surface area contributed by atoms with E-state index in [1.807, 2.05) is 60.9 Å². The monoisotopic (exact) mass is 418 g/mol. The predicted octanol–water partition coefficient (Wildman–Crippen LogP) is 3.60. The van der Waals surface area contributed by atoms with E-state index in [2.05, 4.69) is 21.2 Å². The van der Waals surface area contributed by atoms with Crippen LogP contribution in [0.4, 0.5) is 11.6 Å². The first-order chi connectivity index (χ1) is 15.0. The summed E-state index contributed by atoms with van der Waals surface area (Å²) in [5, 5.41) is 10.9. The van der Waals surface area contributed by atoms with Crippen molar-refractivity contribution in [3.05, 3.63) is 59.9 Å². The van der Waals surface area contributed by atoms with E-state index in [1.165, 1.54) is 5.57 Å². The lowest BCUT2D eigenvalue weighted by molar-refractivity contribution is 0.0979. The minimum atomic E-state index is -0.182. The van der Waals surface area contributed by atoms with Crippen molar-refractivity contribution in [3.63, 3.8) is 0 Å². The van der Waals surface area contributed by atoms with Crippen LogP contribution in [-0.4, -0.2) is 46.9 Å². The Morgan fingerprint density at radius 3 is 2.74 bits per heavy atom. The molecule has 1 atom stereocenters. The van der Waals surface area contributed by atoms with Gasteiger partial charge in [-0.2, -0.15) is 0 Å². The fourth-order valence-corrected chi connectivity index (χ4v) is 4.08. The van der Waals surface area contributed by atoms with Crippen molar-refractivity contribution in [2.45, 2.75) is 39.3 Å². The van der Waals surface area contributed by atoms with Crippen molar-refractivity contribution in [1.82, 2.24) is 14.8 Å². The number of hydrogen-bond acceptors (Lipinski definition) is 5. The summed E-state index contributed by atoms with van der Waals surface area (Å²) >= 11 is 0. The minimum Gasteiger partial charge on any atom is -0.339 e. The van der Waals surface area contributed by atoms with Gasteiger partial charge in [0.25, 0.3) is 5.91 Å². The van der Waals surface area contributed by atoms with E-state index in [1.54, 1.807) is 11.9 Å². The number of nitrogens with two attached hydrogens (primary N) is 1. The zero-order valence-corrected chi connectivity index (χ0v) is 18.5. The minimum absolute atomic E-state index is 0.111. The summed E-state index contributed by atoms with van der Waals surface area (Å²) in [4.78, 5) is 17.4. The second-order valence-electron chi connectivity index (χ2n) is 8.43. The average Bonchev–Trinajstić information content (AvgIpc) is 3.20. The number of allylic oxidation sites excluding steroid dienone is 2. The zero-order chi connectivity index (χ0) is 22.0. The van der Waals surface area contributed by atoms with Gasteiger partial charge in [-0.3, -0.25) is 9.36 Å². The molecule has 0 radical (unpaired) electrons. The topological polar surface area (TPSA) is 80.3 Å². The molecule has 1 fully saturated rings. The van der Waals surface area contributed by atoms with Crippen LogP contribution in [0, 0.1) is 0 Å². The van der Waals surface area contributed by atoms with Gasteiger partial charge in [0.2, 0.25) is 11.8 Å². The Bertz CT molecular complexity index is 1110. The van der Waals surface area contributed by atoms with Crippen LogP contribution in [-0.2, 0) is 6.54 Å². The van der Waals surface area contributed by atoms with E-state index in [4.69, 9.17) is 5.73 Å². The maximum absolute atomic E-state index is 13.6. The number of aromatic nitrogens is 3. The molecule has 31 heavy (non-hydrogen) atoms. The molecule has 7 nitrogen and oxygen atoms in total. The van der Waals surface area contributed by atoms with Gasteiger partial charge in [-0.1, -0.05) is 48.0 Å². The van der Waals surface area contributed by atoms with Crippen LogP contribution in [0.1, 0.15) is 37.3 Å². The highest BCUT2D eigenvalue weighted by atomic mass is 16.2. The molecule has 1 unspecified atom stereocenters. The van der Waals surface area contributed by atoms with Crippen LogP contribution in [0.2, 0.25) is 0 Å². The van der Waals surface area contributed by atoms with Gasteiger partial charge in [-0.25, -0.2) is 0 Å². The first-order valence-electron chi connectivity index (χ1n) is 10.8. The summed E-state index contributed by atoms with van der Waals surface area (Å²) in [6, 6.07) is 14.2. The van der Waals surface area contributed by atoms with Gasteiger partial charge in [0, 0.05) is 38.1 Å². The highest BCUT2D eigenvalue weighted by Gasteiger charge is 2.27. The molecule has 2 N–H and O–H groups in total. The molecule has 1 aliphatic rings. The number of benzene rings is 2. The Balaban J connectivity index is 1.72. The van der Waals surface area contributed by atoms with Gasteiger partial charge >= 0.3 is 0 Å². The molecule has 1 aromatic heterocycles. The van der Waals surface area contributed by atoms with Crippen molar-refractivity contribution in [2.75, 3.05) is 29.9 Å². The molecule has 0 spiro atoms. The summed E-state index contributed by atoms with van der Waals surface area (Å²) in [6.07, 6.45) is 4.11. The maximum atomic E-state index is 13.6. The normalized spacial score (nSPS) is 16.4. The molecule has 0 saturated carbocycles. The Hall–Kier alpha value is -3.19. The largest absolute Gasteiger partial charge is 0.339 e. The number of piperidine rings is 1. The number of fused-ring (bicyclic) bond motifs is 1. The van der Waals surface area contributed by atoms with Gasteiger partial charge in [-0.05, 0) is 38.1 Å². The smallest absolute Gasteiger partial charge is 0.296 e. The molecule has 1 saturated heterocycles. The molecule has 1 amide bonds. The predicted molar refractivity (Wildman–Crippen MR) is 126 cm³/mol. The molecule has 3 aromatic rings. The van der Waals surface area contributed by atoms with Crippen molar-refractivity contribution >= 4 is 28.3 Å². The molecular weight excluding hydrogens is 388 g/mol. The summed E-state index contributed by atoms with van der Waals surface area (Å²) < 4.78 is 1.91. The molecule has 2 heterocycles. The third-order valence-corrected chi connectivity index (χ3v) is 5.78. The van der Waals surface area contributed by atoms with E-state index in [0.717, 1.165) is 42.4 Å². The summed E-state index contributed by atoms with van der Waals surface area (Å²) in [7, 11) is 1.79. The van der Waals surface area contributed by atoms with Crippen LogP contribution in [0.3, 0.4) is 0 Å². The third kappa shape index (κ3) is 4.32. The summed E-state index contributed by atoms with van der Waals surface area (Å²) in [6.45, 7) is 6.23. The summed E-state index contributed by atoms with van der Waals surface area (Å²) in [5.41, 5.74) is 8.22. The Morgan fingerprint density at radius 1 is 1.19 bits per heavy atom. The number of nitrogens with zero attached hydrogens (tertiary/aromatic N) is 5. The van der Waals surface area contributed by atoms with Crippen LogP contribution in [0.25, 0.3) is 10.8 Å². The maximum Gasteiger partial charge on any atom is 0.296 e. The number of rotatable bonds is 5. The first kappa shape index (κ1) is 21.1. The van der Waals surface area contributed by atoms with Crippen molar-refractivity contribution in [2.24, 2.45) is 5.73 Å². The van der Waals surface area contributed by atoms with Crippen molar-refractivity contribution in [3.8, 4) is 0 Å². The number of carbonyl (C=O) groups excluding carboxylic acids is 1. The van der Waals surface area contributed by atoms with Crippen molar-refractivity contribution < 1.29 is 4.79 Å². The van der Waals surface area contributed by atoms with E-state index in [0.29, 0.717) is 18.3 Å². The van der Waals surface area contributed by atoms with Crippen LogP contribution < -0.4 is 15.5 Å². The standard InChI is InChI=1S/C24H30N6O/c1-17(2)13-15-30-22(26-27-24(30)29-14-7-10-19(25)16-29)23(31)28(3)21-12-6-9-18-8-4-5-11-20(18)21/h4-6,8-9,11-13,19H,7,10,14-16,25H2,1-3H3. The van der Waals surface area contributed by atoms with E-state index < -0.39 is 0 Å². The highest BCUT2D eigenvalue weighted by Crippen LogP contribution is 2.27. The fraction of sp³-hybridized carbons (Fsp3) is 0.375. The van der Waals surface area contributed by atoms with Gasteiger partial charge in [0.1, 0.15) is 0 Å². The SMILES string of the molecule is CC(C)=CCn1c(C(=O)N(C)c2cccc3ccccc23)nnc1N1CCCC(N)C1. The Morgan fingerprint density at radius 2 is 1.97 bits per heavy atom. The van der Waals surface area contributed by atoms with Crippen molar-refractivity contribution in [1.29, 1.82) is 0 Å². The third-order valence-electron chi connectivity index (χ3n) is 5.78. The number of hydrogen-bond donors (Lipinski definition) is 1. The van der Waals surface area contributed by atoms with E-state index >= 15 is 0 Å². The molecule has 7 heteroatoms. The molecule has 0 bridgehead atoms. The lowest BCUT2D eigenvalue weighted by Gasteiger charge is -2.31. The highest BCUT2D eigenvalue weighted by molar-refractivity contribution is 6.09. The molecule has 162 valence electrons. The van der Waals surface area contributed by atoms with Crippen LogP contribution in [0.15, 0.2) is 54.1 Å². The lowest BCUT2D eigenvalue weighted by atomic mass is 10.1. The quantitative estimate of drug-likeness (QED) is 0.641. The number of carbonyl (C=O) groups is 1. The second kappa shape index (κ2) is 8.89. The molecule has 0 aliphatic carbocycles. The van der Waals surface area contributed by atoms with E-state index in [-0.39, 0.29) is 11.9 Å². The van der Waals surface area contributed by atoms with E-state index in [9.17, 15) is 4.79 Å². The average molecular weight is 419 g/mol. The van der Waals surface area contributed by atoms with Crippen LogP contribution in [0.5, 0.6) is 0 Å².